The van der Waals surface area contributed by atoms with Gasteiger partial charge in [0.15, 0.2) is 0 Å². The smallest absolute Gasteiger partial charge is 0.264 e. The zero-order valence-corrected chi connectivity index (χ0v) is 24.0. The van der Waals surface area contributed by atoms with Crippen LogP contribution in [0.3, 0.4) is 0 Å². The minimum Gasteiger partial charge on any atom is -0.497 e. The summed E-state index contributed by atoms with van der Waals surface area (Å²) in [6.45, 7) is 5.07. The van der Waals surface area contributed by atoms with Crippen LogP contribution in [0, 0.1) is 5.82 Å². The monoisotopic (exact) mass is 569 g/mol. The highest BCUT2D eigenvalue weighted by Gasteiger charge is 2.34. The van der Waals surface area contributed by atoms with Gasteiger partial charge in [0, 0.05) is 12.6 Å². The summed E-state index contributed by atoms with van der Waals surface area (Å²) < 4.78 is 47.5. The van der Waals surface area contributed by atoms with E-state index in [1.807, 2.05) is 13.8 Å². The minimum atomic E-state index is -4.21. The minimum absolute atomic E-state index is 0.0203. The van der Waals surface area contributed by atoms with E-state index >= 15 is 0 Å². The molecule has 0 fully saturated rings. The predicted molar refractivity (Wildman–Crippen MR) is 153 cm³/mol. The summed E-state index contributed by atoms with van der Waals surface area (Å²) >= 11 is 0. The molecule has 0 unspecified atom stereocenters. The Labute approximate surface area is 235 Å². The lowest BCUT2D eigenvalue weighted by atomic mass is 10.1. The number of nitrogens with one attached hydrogen (secondary N) is 1. The number of carbonyl (C=O) groups is 2. The Morgan fingerprint density at radius 3 is 2.23 bits per heavy atom. The van der Waals surface area contributed by atoms with Crippen molar-refractivity contribution in [3.8, 4) is 5.75 Å². The number of methoxy groups -OCH3 is 1. The molecule has 214 valence electrons. The van der Waals surface area contributed by atoms with E-state index in [-0.39, 0.29) is 29.1 Å². The number of sulfonamides is 1. The second-order valence-electron chi connectivity index (χ2n) is 9.42. The lowest BCUT2D eigenvalue weighted by Gasteiger charge is -2.33. The van der Waals surface area contributed by atoms with Gasteiger partial charge in [0.25, 0.3) is 10.0 Å². The average Bonchev–Trinajstić information content (AvgIpc) is 2.96. The van der Waals surface area contributed by atoms with Crippen LogP contribution in [0.2, 0.25) is 0 Å². The maximum absolute atomic E-state index is 14.0. The van der Waals surface area contributed by atoms with Crippen molar-refractivity contribution in [1.29, 1.82) is 0 Å². The van der Waals surface area contributed by atoms with Crippen molar-refractivity contribution in [3.05, 3.63) is 90.2 Å². The number of hydrogen-bond donors (Lipinski definition) is 1. The Hall–Kier alpha value is -3.92. The standard InChI is InChI=1S/C30H36FN3O5S/c1-5-22(3)32-30(36)28(6-2)33(20-23-11-10-12-26(19-23)39-4)29(35)21-34(25-17-15-24(31)16-18-25)40(37,38)27-13-8-7-9-14-27/h7-19,22,28H,5-6,20-21H2,1-4H3,(H,32,36)/t22-,28-/m0/s1. The van der Waals surface area contributed by atoms with Gasteiger partial charge in [0.2, 0.25) is 11.8 Å². The summed E-state index contributed by atoms with van der Waals surface area (Å²) in [5.74, 6) is -0.869. The van der Waals surface area contributed by atoms with Gasteiger partial charge in [-0.25, -0.2) is 12.8 Å². The van der Waals surface area contributed by atoms with Gasteiger partial charge in [0.1, 0.15) is 24.2 Å². The molecule has 3 rings (SSSR count). The zero-order chi connectivity index (χ0) is 29.3. The largest absolute Gasteiger partial charge is 0.497 e. The molecule has 0 radical (unpaired) electrons. The molecule has 2 atom stereocenters. The maximum atomic E-state index is 14.0. The number of anilines is 1. The molecular formula is C30H36FN3O5S. The van der Waals surface area contributed by atoms with Crippen molar-refractivity contribution in [2.24, 2.45) is 0 Å². The Morgan fingerprint density at radius 1 is 0.950 bits per heavy atom. The van der Waals surface area contributed by atoms with Gasteiger partial charge in [-0.1, -0.05) is 44.2 Å². The van der Waals surface area contributed by atoms with Crippen LogP contribution in [0.25, 0.3) is 0 Å². The molecule has 0 aliphatic heterocycles. The lowest BCUT2D eigenvalue weighted by Crippen LogP contribution is -2.53. The number of carbonyl (C=O) groups excluding carboxylic acids is 2. The van der Waals surface area contributed by atoms with Crippen LogP contribution in [0.4, 0.5) is 10.1 Å². The fourth-order valence-electron chi connectivity index (χ4n) is 4.18. The summed E-state index contributed by atoms with van der Waals surface area (Å²) in [6, 6.07) is 18.7. The zero-order valence-electron chi connectivity index (χ0n) is 23.2. The van der Waals surface area contributed by atoms with Crippen molar-refractivity contribution >= 4 is 27.5 Å². The molecule has 0 saturated heterocycles. The summed E-state index contributed by atoms with van der Waals surface area (Å²) in [7, 11) is -2.68. The third kappa shape index (κ3) is 7.59. The molecule has 40 heavy (non-hydrogen) atoms. The number of amides is 2. The fourth-order valence-corrected chi connectivity index (χ4v) is 5.62. The third-order valence-corrected chi connectivity index (χ3v) is 8.39. The van der Waals surface area contributed by atoms with Crippen LogP contribution in [0.1, 0.15) is 39.2 Å². The van der Waals surface area contributed by atoms with Crippen LogP contribution in [-0.4, -0.2) is 50.9 Å². The molecule has 1 N–H and O–H groups in total. The van der Waals surface area contributed by atoms with Gasteiger partial charge in [-0.05, 0) is 73.9 Å². The Balaban J connectivity index is 2.05. The first-order valence-electron chi connectivity index (χ1n) is 13.2. The van der Waals surface area contributed by atoms with E-state index in [1.165, 1.54) is 36.3 Å². The molecule has 0 saturated carbocycles. The van der Waals surface area contributed by atoms with E-state index < -0.39 is 34.3 Å². The SMILES string of the molecule is CC[C@H](C)NC(=O)[C@H](CC)N(Cc1cccc(OC)c1)C(=O)CN(c1ccc(F)cc1)S(=O)(=O)c1ccccc1. The number of ether oxygens (including phenoxy) is 1. The van der Waals surface area contributed by atoms with Gasteiger partial charge in [-0.2, -0.15) is 0 Å². The van der Waals surface area contributed by atoms with Crippen LogP contribution in [-0.2, 0) is 26.2 Å². The molecular weight excluding hydrogens is 533 g/mol. The summed E-state index contributed by atoms with van der Waals surface area (Å²) in [6.07, 6.45) is 1.01. The molecule has 0 spiro atoms. The molecule has 10 heteroatoms. The van der Waals surface area contributed by atoms with Crippen LogP contribution in [0.5, 0.6) is 5.75 Å². The van der Waals surface area contributed by atoms with Gasteiger partial charge < -0.3 is 15.0 Å². The fraction of sp³-hybridized carbons (Fsp3) is 0.333. The average molecular weight is 570 g/mol. The van der Waals surface area contributed by atoms with Crippen LogP contribution in [0.15, 0.2) is 83.8 Å². The first kappa shape index (κ1) is 30.6. The highest BCUT2D eigenvalue weighted by molar-refractivity contribution is 7.92. The molecule has 0 aromatic heterocycles. The number of halogens is 1. The highest BCUT2D eigenvalue weighted by atomic mass is 32.2. The third-order valence-electron chi connectivity index (χ3n) is 6.60. The Morgan fingerprint density at radius 2 is 1.62 bits per heavy atom. The Bertz CT molecular complexity index is 1380. The molecule has 3 aromatic carbocycles. The molecule has 0 aliphatic rings. The van der Waals surface area contributed by atoms with E-state index in [9.17, 15) is 22.4 Å². The van der Waals surface area contributed by atoms with Crippen molar-refractivity contribution in [2.75, 3.05) is 18.0 Å². The van der Waals surface area contributed by atoms with Crippen molar-refractivity contribution in [3.63, 3.8) is 0 Å². The molecule has 0 bridgehead atoms. The van der Waals surface area contributed by atoms with Crippen LogP contribution < -0.4 is 14.4 Å². The molecule has 0 heterocycles. The molecule has 8 nitrogen and oxygen atoms in total. The van der Waals surface area contributed by atoms with Crippen molar-refractivity contribution < 1.29 is 27.1 Å². The maximum Gasteiger partial charge on any atom is 0.264 e. The molecule has 0 aliphatic carbocycles. The summed E-state index contributed by atoms with van der Waals surface area (Å²) in [4.78, 5) is 28.7. The summed E-state index contributed by atoms with van der Waals surface area (Å²) in [5.41, 5.74) is 0.832. The van der Waals surface area contributed by atoms with Crippen LogP contribution >= 0.6 is 0 Å². The van der Waals surface area contributed by atoms with E-state index in [1.54, 1.807) is 49.4 Å². The van der Waals surface area contributed by atoms with E-state index in [0.717, 1.165) is 16.4 Å². The second-order valence-corrected chi connectivity index (χ2v) is 11.3. The first-order valence-corrected chi connectivity index (χ1v) is 14.6. The van der Waals surface area contributed by atoms with Crippen molar-refractivity contribution in [2.45, 2.75) is 57.1 Å². The Kier molecular flexibility index (Phi) is 10.7. The molecule has 2 amide bonds. The molecule has 3 aromatic rings. The van der Waals surface area contributed by atoms with E-state index in [4.69, 9.17) is 4.74 Å². The van der Waals surface area contributed by atoms with Gasteiger partial charge in [0.05, 0.1) is 17.7 Å². The number of nitrogens with zero attached hydrogens (tertiary/aromatic N) is 2. The predicted octanol–water partition coefficient (Wildman–Crippen LogP) is 4.75. The first-order chi connectivity index (χ1) is 19.1. The van der Waals surface area contributed by atoms with E-state index in [0.29, 0.717) is 24.2 Å². The second kappa shape index (κ2) is 13.9. The lowest BCUT2D eigenvalue weighted by molar-refractivity contribution is -0.140. The highest BCUT2D eigenvalue weighted by Crippen LogP contribution is 2.25. The number of hydrogen-bond acceptors (Lipinski definition) is 5. The quantitative estimate of drug-likeness (QED) is 0.321. The van der Waals surface area contributed by atoms with E-state index in [2.05, 4.69) is 5.32 Å². The van der Waals surface area contributed by atoms with Crippen molar-refractivity contribution in [1.82, 2.24) is 10.2 Å². The van der Waals surface area contributed by atoms with Gasteiger partial charge >= 0.3 is 0 Å². The topological polar surface area (TPSA) is 96.0 Å². The van der Waals surface area contributed by atoms with Gasteiger partial charge in [-0.15, -0.1) is 0 Å². The number of benzene rings is 3. The normalized spacial score (nSPS) is 12.7. The summed E-state index contributed by atoms with van der Waals surface area (Å²) in [5, 5.41) is 2.94. The van der Waals surface area contributed by atoms with Gasteiger partial charge in [-0.3, -0.25) is 13.9 Å². The number of rotatable bonds is 13.